The Morgan fingerprint density at radius 3 is 2.50 bits per heavy atom. The first kappa shape index (κ1) is 20.1. The number of nitriles is 1. The molecule has 0 radical (unpaired) electrons. The van der Waals surface area contributed by atoms with Gasteiger partial charge in [-0.25, -0.2) is 4.98 Å². The molecule has 0 unspecified atom stereocenters. The number of ether oxygens (including phenoxy) is 2. The lowest BCUT2D eigenvalue weighted by Gasteiger charge is -2.14. The fourth-order valence-corrected chi connectivity index (χ4v) is 4.84. The normalized spacial score (nSPS) is 11.0. The SMILES string of the molecule is CCc1cc(SCc2cc(OC)c(OC)cc2C)n2c(nc3ccccc32)c1C#N. The van der Waals surface area contributed by atoms with Crippen molar-refractivity contribution < 1.29 is 9.47 Å². The molecular formula is C24H23N3O2S. The molecule has 2 aromatic heterocycles. The van der Waals surface area contributed by atoms with Gasteiger partial charge >= 0.3 is 0 Å². The fourth-order valence-electron chi connectivity index (χ4n) is 3.68. The molecule has 4 aromatic rings. The molecule has 0 spiro atoms. The molecule has 0 aliphatic carbocycles. The van der Waals surface area contributed by atoms with E-state index in [4.69, 9.17) is 14.5 Å². The number of hydrogen-bond acceptors (Lipinski definition) is 5. The van der Waals surface area contributed by atoms with Crippen LogP contribution in [0.3, 0.4) is 0 Å². The molecule has 2 aromatic carbocycles. The largest absolute Gasteiger partial charge is 0.493 e. The fraction of sp³-hybridized carbons (Fsp3) is 0.250. The first-order valence-electron chi connectivity index (χ1n) is 9.78. The first-order chi connectivity index (χ1) is 14.6. The molecule has 0 atom stereocenters. The number of para-hydroxylation sites is 2. The van der Waals surface area contributed by atoms with Crippen LogP contribution in [0, 0.1) is 18.3 Å². The molecule has 5 nitrogen and oxygen atoms in total. The second-order valence-corrected chi connectivity index (χ2v) is 8.03. The zero-order chi connectivity index (χ0) is 21.3. The Morgan fingerprint density at radius 2 is 1.80 bits per heavy atom. The van der Waals surface area contributed by atoms with Gasteiger partial charge in [-0.3, -0.25) is 4.40 Å². The Kier molecular flexibility index (Phi) is 5.56. The number of rotatable bonds is 6. The number of thioether (sulfide) groups is 1. The van der Waals surface area contributed by atoms with Crippen LogP contribution in [0.5, 0.6) is 11.5 Å². The van der Waals surface area contributed by atoms with Crippen molar-refractivity contribution in [3.8, 4) is 17.6 Å². The maximum atomic E-state index is 9.78. The average Bonchev–Trinajstić information content (AvgIpc) is 3.16. The molecule has 4 rings (SSSR count). The summed E-state index contributed by atoms with van der Waals surface area (Å²) >= 11 is 1.74. The van der Waals surface area contributed by atoms with Crippen LogP contribution in [0.1, 0.15) is 29.2 Å². The van der Waals surface area contributed by atoms with Gasteiger partial charge in [0.05, 0.1) is 35.8 Å². The van der Waals surface area contributed by atoms with Crippen LogP contribution in [-0.4, -0.2) is 23.6 Å². The molecule has 0 aliphatic heterocycles. The molecule has 0 bridgehead atoms. The quantitative estimate of drug-likeness (QED) is 0.386. The van der Waals surface area contributed by atoms with Crippen molar-refractivity contribution in [3.63, 3.8) is 0 Å². The van der Waals surface area contributed by atoms with Crippen molar-refractivity contribution >= 4 is 28.4 Å². The average molecular weight is 418 g/mol. The minimum absolute atomic E-state index is 0.653. The van der Waals surface area contributed by atoms with Crippen molar-refractivity contribution in [2.45, 2.75) is 31.0 Å². The van der Waals surface area contributed by atoms with E-state index in [1.54, 1.807) is 26.0 Å². The van der Waals surface area contributed by atoms with Gasteiger partial charge in [-0.1, -0.05) is 19.1 Å². The third kappa shape index (κ3) is 3.35. The van der Waals surface area contributed by atoms with E-state index in [1.165, 1.54) is 5.56 Å². The van der Waals surface area contributed by atoms with Crippen molar-refractivity contribution in [2.75, 3.05) is 14.2 Å². The molecule has 30 heavy (non-hydrogen) atoms. The molecule has 6 heteroatoms. The number of methoxy groups -OCH3 is 2. The van der Waals surface area contributed by atoms with Crippen LogP contribution in [0.2, 0.25) is 0 Å². The number of hydrogen-bond donors (Lipinski definition) is 0. The van der Waals surface area contributed by atoms with E-state index in [0.717, 1.165) is 56.5 Å². The molecule has 0 fully saturated rings. The van der Waals surface area contributed by atoms with E-state index in [9.17, 15) is 5.26 Å². The standard InChI is InChI=1S/C24H23N3O2S/c1-5-16-12-23(30-14-17-11-22(29-4)21(28-3)10-15(17)2)27-20-9-7-6-8-19(20)26-24(27)18(16)13-25/h6-12H,5,14H2,1-4H3. The summed E-state index contributed by atoms with van der Waals surface area (Å²) in [6.07, 6.45) is 0.783. The number of imidazole rings is 1. The van der Waals surface area contributed by atoms with Crippen molar-refractivity contribution in [2.24, 2.45) is 0 Å². The summed E-state index contributed by atoms with van der Waals surface area (Å²) in [4.78, 5) is 4.77. The van der Waals surface area contributed by atoms with Gasteiger partial charge in [-0.15, -0.1) is 11.8 Å². The summed E-state index contributed by atoms with van der Waals surface area (Å²) in [7, 11) is 3.30. The van der Waals surface area contributed by atoms with Gasteiger partial charge in [0, 0.05) is 5.75 Å². The van der Waals surface area contributed by atoms with Crippen LogP contribution >= 0.6 is 11.8 Å². The van der Waals surface area contributed by atoms with Gasteiger partial charge in [-0.05, 0) is 60.4 Å². The summed E-state index contributed by atoms with van der Waals surface area (Å²) in [6, 6.07) is 16.5. The van der Waals surface area contributed by atoms with Crippen LogP contribution in [0.25, 0.3) is 16.7 Å². The predicted molar refractivity (Wildman–Crippen MR) is 121 cm³/mol. The highest BCUT2D eigenvalue weighted by Gasteiger charge is 2.17. The van der Waals surface area contributed by atoms with Crippen LogP contribution in [0.15, 0.2) is 47.5 Å². The molecule has 0 N–H and O–H groups in total. The van der Waals surface area contributed by atoms with E-state index >= 15 is 0 Å². The van der Waals surface area contributed by atoms with Gasteiger partial charge in [-0.2, -0.15) is 5.26 Å². The van der Waals surface area contributed by atoms with E-state index in [1.807, 2.05) is 36.4 Å². The molecule has 152 valence electrons. The maximum Gasteiger partial charge on any atom is 0.161 e. The Hall–Kier alpha value is -3.17. The van der Waals surface area contributed by atoms with E-state index in [-0.39, 0.29) is 0 Å². The lowest BCUT2D eigenvalue weighted by molar-refractivity contribution is 0.354. The molecule has 0 aliphatic rings. The van der Waals surface area contributed by atoms with E-state index in [2.05, 4.69) is 30.4 Å². The Bertz CT molecular complexity index is 1290. The summed E-state index contributed by atoms with van der Waals surface area (Å²) in [6.45, 7) is 4.15. The highest BCUT2D eigenvalue weighted by molar-refractivity contribution is 7.98. The predicted octanol–water partition coefficient (Wildman–Crippen LogP) is 5.54. The number of aromatic nitrogens is 2. The van der Waals surface area contributed by atoms with E-state index < -0.39 is 0 Å². The zero-order valence-electron chi connectivity index (χ0n) is 17.5. The summed E-state index contributed by atoms with van der Waals surface area (Å²) < 4.78 is 13.0. The van der Waals surface area contributed by atoms with Gasteiger partial charge < -0.3 is 9.47 Å². The smallest absolute Gasteiger partial charge is 0.161 e. The molecule has 2 heterocycles. The van der Waals surface area contributed by atoms with Gasteiger partial charge in [0.1, 0.15) is 6.07 Å². The Balaban J connectivity index is 1.83. The van der Waals surface area contributed by atoms with Gasteiger partial charge in [0.2, 0.25) is 0 Å². The number of benzene rings is 2. The molecular weight excluding hydrogens is 394 g/mol. The van der Waals surface area contributed by atoms with Crippen LogP contribution < -0.4 is 9.47 Å². The Labute approximate surface area is 180 Å². The lowest BCUT2D eigenvalue weighted by atomic mass is 10.1. The maximum absolute atomic E-state index is 9.78. The van der Waals surface area contributed by atoms with Crippen molar-refractivity contribution in [1.29, 1.82) is 5.26 Å². The van der Waals surface area contributed by atoms with Crippen LogP contribution in [0.4, 0.5) is 0 Å². The minimum atomic E-state index is 0.653. The number of nitrogens with zero attached hydrogens (tertiary/aromatic N) is 3. The Morgan fingerprint density at radius 1 is 1.07 bits per heavy atom. The van der Waals surface area contributed by atoms with E-state index in [0.29, 0.717) is 5.56 Å². The first-order valence-corrected chi connectivity index (χ1v) is 10.8. The summed E-state index contributed by atoms with van der Waals surface area (Å²) in [5.74, 6) is 2.23. The molecule has 0 saturated heterocycles. The third-order valence-corrected chi connectivity index (χ3v) is 6.39. The summed E-state index contributed by atoms with van der Waals surface area (Å²) in [5.41, 5.74) is 6.63. The number of aryl methyl sites for hydroxylation is 2. The second-order valence-electron chi connectivity index (χ2n) is 7.03. The monoisotopic (exact) mass is 417 g/mol. The van der Waals surface area contributed by atoms with Crippen molar-refractivity contribution in [1.82, 2.24) is 9.38 Å². The number of fused-ring (bicyclic) bond motifs is 3. The van der Waals surface area contributed by atoms with Gasteiger partial charge in [0.25, 0.3) is 0 Å². The zero-order valence-corrected chi connectivity index (χ0v) is 18.3. The lowest BCUT2D eigenvalue weighted by Crippen LogP contribution is -2.00. The summed E-state index contributed by atoms with van der Waals surface area (Å²) in [5, 5.41) is 10.9. The third-order valence-electron chi connectivity index (χ3n) is 5.33. The number of pyridine rings is 1. The molecule has 0 saturated carbocycles. The van der Waals surface area contributed by atoms with Crippen LogP contribution in [-0.2, 0) is 12.2 Å². The minimum Gasteiger partial charge on any atom is -0.493 e. The second kappa shape index (κ2) is 8.29. The van der Waals surface area contributed by atoms with Crippen molar-refractivity contribution in [3.05, 3.63) is 64.7 Å². The molecule has 0 amide bonds. The topological polar surface area (TPSA) is 59.6 Å². The van der Waals surface area contributed by atoms with Gasteiger partial charge in [0.15, 0.2) is 17.1 Å². The highest BCUT2D eigenvalue weighted by atomic mass is 32.2. The highest BCUT2D eigenvalue weighted by Crippen LogP contribution is 2.35.